The minimum atomic E-state index is -0.0584. The molecular formula is C14H30N4O. The number of amides is 1. The summed E-state index contributed by atoms with van der Waals surface area (Å²) in [6.45, 7) is 12.5. The molecule has 1 aliphatic rings. The highest BCUT2D eigenvalue weighted by atomic mass is 16.2. The Morgan fingerprint density at radius 2 is 2.00 bits per heavy atom. The van der Waals surface area contributed by atoms with Crippen molar-refractivity contribution in [3.05, 3.63) is 0 Å². The predicted molar refractivity (Wildman–Crippen MR) is 79.3 cm³/mol. The molecule has 0 spiro atoms. The number of likely N-dealkylation sites (N-methyl/N-ethyl adjacent to an activating group) is 1. The van der Waals surface area contributed by atoms with Crippen LogP contribution in [0.25, 0.3) is 0 Å². The maximum Gasteiger partial charge on any atom is 0.237 e. The van der Waals surface area contributed by atoms with Gasteiger partial charge in [-0.05, 0) is 27.3 Å². The van der Waals surface area contributed by atoms with Crippen LogP contribution in [0.3, 0.4) is 0 Å². The molecular weight excluding hydrogens is 240 g/mol. The molecule has 0 aromatic rings. The van der Waals surface area contributed by atoms with Gasteiger partial charge in [-0.3, -0.25) is 14.6 Å². The molecule has 2 atom stereocenters. The molecule has 0 aromatic heterocycles. The van der Waals surface area contributed by atoms with Crippen LogP contribution in [0.15, 0.2) is 0 Å². The van der Waals surface area contributed by atoms with E-state index in [1.165, 1.54) is 0 Å². The van der Waals surface area contributed by atoms with Gasteiger partial charge in [0, 0.05) is 45.3 Å². The molecule has 1 saturated heterocycles. The average molecular weight is 270 g/mol. The molecule has 0 radical (unpaired) electrons. The fourth-order valence-electron chi connectivity index (χ4n) is 2.09. The Hall–Kier alpha value is -0.650. The maximum absolute atomic E-state index is 12.0. The number of hydrogen-bond acceptors (Lipinski definition) is 4. The fraction of sp³-hybridized carbons (Fsp3) is 0.929. The number of piperazine rings is 1. The van der Waals surface area contributed by atoms with E-state index in [9.17, 15) is 4.79 Å². The van der Waals surface area contributed by atoms with Crippen molar-refractivity contribution >= 4 is 5.91 Å². The minimum Gasteiger partial charge on any atom is -0.352 e. The van der Waals surface area contributed by atoms with E-state index in [1.54, 1.807) is 0 Å². The van der Waals surface area contributed by atoms with Crippen LogP contribution in [0, 0.1) is 0 Å². The lowest BCUT2D eigenvalue weighted by Gasteiger charge is -2.31. The predicted octanol–water partition coefficient (Wildman–Crippen LogP) is 0.127. The van der Waals surface area contributed by atoms with Gasteiger partial charge in [0.25, 0.3) is 0 Å². The van der Waals surface area contributed by atoms with Crippen molar-refractivity contribution in [2.24, 2.45) is 0 Å². The van der Waals surface area contributed by atoms with E-state index < -0.39 is 0 Å². The molecule has 1 amide bonds. The SMILES string of the molecule is CCC(C)NC(=O)C(C)N(C)CCN1CCNCC1. The van der Waals surface area contributed by atoms with E-state index in [0.717, 1.165) is 45.7 Å². The molecule has 2 unspecified atom stereocenters. The fourth-order valence-corrected chi connectivity index (χ4v) is 2.09. The first-order chi connectivity index (χ1) is 9.04. The first kappa shape index (κ1) is 16.4. The van der Waals surface area contributed by atoms with Gasteiger partial charge in [0.1, 0.15) is 0 Å². The zero-order valence-corrected chi connectivity index (χ0v) is 12.9. The molecule has 0 aromatic carbocycles. The summed E-state index contributed by atoms with van der Waals surface area (Å²) in [5.74, 6) is 0.136. The molecule has 1 aliphatic heterocycles. The van der Waals surface area contributed by atoms with Gasteiger partial charge in [-0.25, -0.2) is 0 Å². The summed E-state index contributed by atoms with van der Waals surface area (Å²) >= 11 is 0. The number of rotatable bonds is 7. The number of hydrogen-bond donors (Lipinski definition) is 2. The number of nitrogens with one attached hydrogen (secondary N) is 2. The summed E-state index contributed by atoms with van der Waals surface area (Å²) in [6, 6.07) is 0.202. The zero-order valence-electron chi connectivity index (χ0n) is 12.9. The Morgan fingerprint density at radius 3 is 2.58 bits per heavy atom. The Bertz CT molecular complexity index is 266. The van der Waals surface area contributed by atoms with Crippen molar-refractivity contribution in [2.45, 2.75) is 39.3 Å². The van der Waals surface area contributed by atoms with Gasteiger partial charge in [-0.2, -0.15) is 0 Å². The van der Waals surface area contributed by atoms with E-state index in [0.29, 0.717) is 0 Å². The molecule has 0 bridgehead atoms. The van der Waals surface area contributed by atoms with Crippen molar-refractivity contribution < 1.29 is 4.79 Å². The maximum atomic E-state index is 12.0. The van der Waals surface area contributed by atoms with Crippen molar-refractivity contribution in [1.29, 1.82) is 0 Å². The van der Waals surface area contributed by atoms with Crippen LogP contribution in [0.4, 0.5) is 0 Å². The second-order valence-electron chi connectivity index (χ2n) is 5.57. The molecule has 1 heterocycles. The van der Waals surface area contributed by atoms with Gasteiger partial charge < -0.3 is 10.6 Å². The number of carbonyl (C=O) groups is 1. The monoisotopic (exact) mass is 270 g/mol. The Morgan fingerprint density at radius 1 is 1.37 bits per heavy atom. The van der Waals surface area contributed by atoms with Gasteiger partial charge >= 0.3 is 0 Å². The third-order valence-electron chi connectivity index (χ3n) is 4.02. The highest BCUT2D eigenvalue weighted by Gasteiger charge is 2.19. The van der Waals surface area contributed by atoms with Gasteiger partial charge in [-0.1, -0.05) is 6.92 Å². The molecule has 5 heteroatoms. The summed E-state index contributed by atoms with van der Waals surface area (Å²) in [4.78, 5) is 16.6. The standard InChI is InChI=1S/C14H30N4O/c1-5-12(2)16-14(19)13(3)17(4)10-11-18-8-6-15-7-9-18/h12-13,15H,5-11H2,1-4H3,(H,16,19). The molecule has 1 rings (SSSR count). The molecule has 5 nitrogen and oxygen atoms in total. The second kappa shape index (κ2) is 8.51. The smallest absolute Gasteiger partial charge is 0.237 e. The van der Waals surface area contributed by atoms with Crippen LogP contribution in [0.2, 0.25) is 0 Å². The average Bonchev–Trinajstić information content (AvgIpc) is 2.44. The van der Waals surface area contributed by atoms with Crippen LogP contribution in [0.1, 0.15) is 27.2 Å². The molecule has 1 fully saturated rings. The quantitative estimate of drug-likeness (QED) is 0.690. The third-order valence-corrected chi connectivity index (χ3v) is 4.02. The van der Waals surface area contributed by atoms with Gasteiger partial charge in [-0.15, -0.1) is 0 Å². The van der Waals surface area contributed by atoms with Crippen molar-refractivity contribution in [3.8, 4) is 0 Å². The van der Waals surface area contributed by atoms with E-state index in [1.807, 2.05) is 20.9 Å². The molecule has 2 N–H and O–H groups in total. The lowest BCUT2D eigenvalue weighted by Crippen LogP contribution is -2.50. The summed E-state index contributed by atoms with van der Waals surface area (Å²) in [5, 5.41) is 6.40. The van der Waals surface area contributed by atoms with E-state index in [4.69, 9.17) is 0 Å². The van der Waals surface area contributed by atoms with Crippen LogP contribution in [-0.4, -0.2) is 74.1 Å². The van der Waals surface area contributed by atoms with E-state index in [2.05, 4.69) is 27.4 Å². The Balaban J connectivity index is 2.26. The summed E-state index contributed by atoms with van der Waals surface area (Å²) in [5.41, 5.74) is 0. The normalized spacial score (nSPS) is 20.3. The van der Waals surface area contributed by atoms with Gasteiger partial charge in [0.15, 0.2) is 0 Å². The third kappa shape index (κ3) is 5.89. The van der Waals surface area contributed by atoms with Crippen LogP contribution >= 0.6 is 0 Å². The Labute approximate surface area is 117 Å². The lowest BCUT2D eigenvalue weighted by atomic mass is 10.2. The highest BCUT2D eigenvalue weighted by molar-refractivity contribution is 5.81. The summed E-state index contributed by atoms with van der Waals surface area (Å²) < 4.78 is 0. The topological polar surface area (TPSA) is 47.6 Å². The molecule has 112 valence electrons. The first-order valence-corrected chi connectivity index (χ1v) is 7.48. The van der Waals surface area contributed by atoms with Crippen LogP contribution in [-0.2, 0) is 4.79 Å². The molecule has 19 heavy (non-hydrogen) atoms. The number of carbonyl (C=O) groups excluding carboxylic acids is 1. The van der Waals surface area contributed by atoms with Gasteiger partial charge in [0.05, 0.1) is 6.04 Å². The second-order valence-corrected chi connectivity index (χ2v) is 5.57. The van der Waals surface area contributed by atoms with Crippen LogP contribution in [0.5, 0.6) is 0 Å². The van der Waals surface area contributed by atoms with Crippen molar-refractivity contribution in [1.82, 2.24) is 20.4 Å². The van der Waals surface area contributed by atoms with Crippen molar-refractivity contribution in [3.63, 3.8) is 0 Å². The minimum absolute atomic E-state index is 0.0584. The summed E-state index contributed by atoms with van der Waals surface area (Å²) in [7, 11) is 2.03. The van der Waals surface area contributed by atoms with Gasteiger partial charge in [0.2, 0.25) is 5.91 Å². The Kier molecular flexibility index (Phi) is 7.34. The van der Waals surface area contributed by atoms with E-state index in [-0.39, 0.29) is 18.0 Å². The summed E-state index contributed by atoms with van der Waals surface area (Å²) in [6.07, 6.45) is 0.975. The zero-order chi connectivity index (χ0) is 14.3. The van der Waals surface area contributed by atoms with Crippen molar-refractivity contribution in [2.75, 3.05) is 46.3 Å². The molecule has 0 saturated carbocycles. The largest absolute Gasteiger partial charge is 0.352 e. The lowest BCUT2D eigenvalue weighted by molar-refractivity contribution is -0.126. The first-order valence-electron chi connectivity index (χ1n) is 7.48. The van der Waals surface area contributed by atoms with Crippen LogP contribution < -0.4 is 10.6 Å². The van der Waals surface area contributed by atoms with E-state index >= 15 is 0 Å². The number of nitrogens with zero attached hydrogens (tertiary/aromatic N) is 2. The highest BCUT2D eigenvalue weighted by Crippen LogP contribution is 2.00. The molecule has 0 aliphatic carbocycles.